The molecule has 2 rings (SSSR count). The van der Waals surface area contributed by atoms with Crippen LogP contribution >= 0.6 is 0 Å². The minimum atomic E-state index is -0.925. The molecule has 0 radical (unpaired) electrons. The van der Waals surface area contributed by atoms with E-state index in [4.69, 9.17) is 19.8 Å². The average Bonchev–Trinajstić information content (AvgIpc) is 3.15. The first-order valence-electron chi connectivity index (χ1n) is 11.3. The van der Waals surface area contributed by atoms with Gasteiger partial charge in [0.25, 0.3) is 17.5 Å². The lowest BCUT2D eigenvalue weighted by Crippen LogP contribution is -2.31. The number of imide groups is 1. The Morgan fingerprint density at radius 3 is 2.44 bits per heavy atom. The number of azide groups is 1. The maximum atomic E-state index is 12.0. The van der Waals surface area contributed by atoms with Crippen LogP contribution in [0.4, 0.5) is 5.69 Å². The Balaban J connectivity index is 1.99. The van der Waals surface area contributed by atoms with Crippen LogP contribution in [0.3, 0.4) is 0 Å². The minimum Gasteiger partial charge on any atom is -0.496 e. The molecule has 14 heteroatoms. The first-order valence-corrected chi connectivity index (χ1v) is 11.3. The summed E-state index contributed by atoms with van der Waals surface area (Å²) in [6, 6.07) is 2.80. The number of unbranched alkanes of at least 4 members (excludes halogenated alkanes) is 1. The second-order valence-corrected chi connectivity index (χ2v) is 7.92. The highest BCUT2D eigenvalue weighted by atomic mass is 16.7. The fraction of sp³-hybridized carbons (Fsp3) is 0.545. The third kappa shape index (κ3) is 7.94. The van der Waals surface area contributed by atoms with Crippen molar-refractivity contribution in [1.82, 2.24) is 5.06 Å². The van der Waals surface area contributed by atoms with Gasteiger partial charge in [0.05, 0.1) is 17.6 Å². The van der Waals surface area contributed by atoms with Crippen molar-refractivity contribution in [3.8, 4) is 5.75 Å². The molecular formula is C22H27N5O9. The van der Waals surface area contributed by atoms with Gasteiger partial charge in [0.15, 0.2) is 0 Å². The number of methoxy groups -OCH3 is 1. The maximum absolute atomic E-state index is 12.0. The number of rotatable bonds is 14. The van der Waals surface area contributed by atoms with E-state index in [0.29, 0.717) is 35.6 Å². The molecule has 1 atom stereocenters. The van der Waals surface area contributed by atoms with E-state index in [9.17, 15) is 29.3 Å². The van der Waals surface area contributed by atoms with Crippen molar-refractivity contribution in [3.05, 3.63) is 43.8 Å². The van der Waals surface area contributed by atoms with E-state index in [1.165, 1.54) is 26.2 Å². The minimum absolute atomic E-state index is 0.00507. The summed E-state index contributed by atoms with van der Waals surface area (Å²) in [5.41, 5.74) is 8.71. The Morgan fingerprint density at radius 1 is 1.17 bits per heavy atom. The molecule has 1 fully saturated rings. The molecule has 0 spiro atoms. The zero-order valence-corrected chi connectivity index (χ0v) is 20.0. The highest BCUT2D eigenvalue weighted by Gasteiger charge is 2.32. The number of ether oxygens (including phenoxy) is 2. The van der Waals surface area contributed by atoms with Crippen LogP contribution < -0.4 is 4.74 Å². The summed E-state index contributed by atoms with van der Waals surface area (Å²) in [7, 11) is 1.41. The lowest BCUT2D eigenvalue weighted by atomic mass is 10.00. The Bertz CT molecular complexity index is 1050. The van der Waals surface area contributed by atoms with Crippen molar-refractivity contribution in [2.75, 3.05) is 13.7 Å². The van der Waals surface area contributed by atoms with Gasteiger partial charge in [-0.1, -0.05) is 5.11 Å². The monoisotopic (exact) mass is 505 g/mol. The van der Waals surface area contributed by atoms with Crippen molar-refractivity contribution in [2.24, 2.45) is 5.11 Å². The first kappa shape index (κ1) is 28.1. The molecule has 1 aliphatic rings. The maximum Gasteiger partial charge on any atom is 0.333 e. The van der Waals surface area contributed by atoms with Crippen molar-refractivity contribution >= 4 is 29.4 Å². The number of nitro groups is 1. The van der Waals surface area contributed by atoms with Gasteiger partial charge in [-0.25, -0.2) is 4.79 Å². The fourth-order valence-electron chi connectivity index (χ4n) is 3.54. The SMILES string of the molecule is COc1cc(C(C)OC(=O)CCCN=[N+]=[N-])c([N+](=O)[O-])cc1CCCCC(=O)ON1C(=O)CCC1=O. The van der Waals surface area contributed by atoms with Crippen molar-refractivity contribution in [3.63, 3.8) is 0 Å². The van der Waals surface area contributed by atoms with E-state index >= 15 is 0 Å². The van der Waals surface area contributed by atoms with Crippen LogP contribution in [0.2, 0.25) is 0 Å². The molecule has 0 bridgehead atoms. The molecule has 1 aromatic carbocycles. The number of amides is 2. The normalized spacial score (nSPS) is 13.7. The van der Waals surface area contributed by atoms with Crippen LogP contribution in [-0.4, -0.2) is 47.4 Å². The quantitative estimate of drug-likeness (QED) is 0.0531. The van der Waals surface area contributed by atoms with Gasteiger partial charge in [-0.3, -0.25) is 24.5 Å². The zero-order chi connectivity index (χ0) is 26.7. The average molecular weight is 505 g/mol. The Hall–Kier alpha value is -4.19. The molecule has 194 valence electrons. The summed E-state index contributed by atoms with van der Waals surface area (Å²) in [4.78, 5) is 65.5. The van der Waals surface area contributed by atoms with Crippen molar-refractivity contribution in [1.29, 1.82) is 0 Å². The smallest absolute Gasteiger partial charge is 0.333 e. The third-order valence-electron chi connectivity index (χ3n) is 5.35. The summed E-state index contributed by atoms with van der Waals surface area (Å²) in [6.07, 6.45) is 0.459. The van der Waals surface area contributed by atoms with E-state index in [1.807, 2.05) is 0 Å². The molecule has 0 aromatic heterocycles. The van der Waals surface area contributed by atoms with Crippen molar-refractivity contribution in [2.45, 2.75) is 64.4 Å². The number of carbonyl (C=O) groups is 4. The number of nitro benzene ring substituents is 1. The van der Waals surface area contributed by atoms with E-state index in [2.05, 4.69) is 10.0 Å². The fourth-order valence-corrected chi connectivity index (χ4v) is 3.54. The van der Waals surface area contributed by atoms with Gasteiger partial charge in [-0.15, -0.1) is 5.06 Å². The molecule has 0 N–H and O–H groups in total. The van der Waals surface area contributed by atoms with Crippen LogP contribution in [0.15, 0.2) is 17.2 Å². The summed E-state index contributed by atoms with van der Waals surface area (Å²) in [5.74, 6) is -2.06. The molecule has 1 heterocycles. The molecule has 1 aliphatic heterocycles. The molecule has 14 nitrogen and oxygen atoms in total. The lowest BCUT2D eigenvalue weighted by molar-refractivity contribution is -0.386. The highest BCUT2D eigenvalue weighted by Crippen LogP contribution is 2.35. The molecule has 1 saturated heterocycles. The summed E-state index contributed by atoms with van der Waals surface area (Å²) in [6.45, 7) is 1.64. The van der Waals surface area contributed by atoms with E-state index in [1.54, 1.807) is 0 Å². The third-order valence-corrected chi connectivity index (χ3v) is 5.35. The number of esters is 1. The number of hydroxylamine groups is 2. The summed E-state index contributed by atoms with van der Waals surface area (Å²) in [5, 5.41) is 15.5. The van der Waals surface area contributed by atoms with E-state index < -0.39 is 34.8 Å². The molecule has 2 amide bonds. The highest BCUT2D eigenvalue weighted by molar-refractivity contribution is 6.01. The van der Waals surface area contributed by atoms with Crippen LogP contribution in [0.25, 0.3) is 10.4 Å². The Labute approximate surface area is 206 Å². The van der Waals surface area contributed by atoms with E-state index in [0.717, 1.165) is 0 Å². The predicted molar refractivity (Wildman–Crippen MR) is 122 cm³/mol. The van der Waals surface area contributed by atoms with Gasteiger partial charge in [0, 0.05) is 48.8 Å². The van der Waals surface area contributed by atoms with Gasteiger partial charge in [-0.05, 0) is 44.2 Å². The van der Waals surface area contributed by atoms with Crippen LogP contribution in [0.1, 0.15) is 69.1 Å². The largest absolute Gasteiger partial charge is 0.496 e. The van der Waals surface area contributed by atoms with Gasteiger partial charge < -0.3 is 14.3 Å². The molecular weight excluding hydrogens is 478 g/mol. The number of hydrogen-bond acceptors (Lipinski definition) is 10. The van der Waals surface area contributed by atoms with Gasteiger partial charge in [0.2, 0.25) is 0 Å². The second-order valence-electron chi connectivity index (χ2n) is 7.92. The second kappa shape index (κ2) is 13.6. The van der Waals surface area contributed by atoms with Gasteiger partial charge in [-0.2, -0.15) is 0 Å². The lowest BCUT2D eigenvalue weighted by Gasteiger charge is -2.17. The number of nitrogens with zero attached hydrogens (tertiary/aromatic N) is 5. The van der Waals surface area contributed by atoms with Gasteiger partial charge >= 0.3 is 11.9 Å². The standard InChI is InChI=1S/C22H27N5O9/c1-14(35-21(30)8-5-11-24-25-23)16-13-18(34-2)15(12-17(16)27(32)33)6-3-4-7-22(31)36-26-19(28)9-10-20(26)29/h12-14H,3-11H2,1-2H3. The van der Waals surface area contributed by atoms with Gasteiger partial charge in [0.1, 0.15) is 11.9 Å². The number of carbonyl (C=O) groups excluding carboxylic acids is 4. The number of aryl methyl sites for hydroxylation is 1. The van der Waals surface area contributed by atoms with Crippen LogP contribution in [-0.2, 0) is 35.2 Å². The predicted octanol–water partition coefficient (Wildman–Crippen LogP) is 3.62. The number of benzene rings is 1. The Kier molecular flexibility index (Phi) is 10.6. The Morgan fingerprint density at radius 2 is 1.83 bits per heavy atom. The molecule has 0 saturated carbocycles. The van der Waals surface area contributed by atoms with Crippen molar-refractivity contribution < 1.29 is 38.4 Å². The molecule has 0 aliphatic carbocycles. The number of hydrogen-bond donors (Lipinski definition) is 0. The molecule has 1 unspecified atom stereocenters. The topological polar surface area (TPSA) is 191 Å². The van der Waals surface area contributed by atoms with Crippen LogP contribution in [0, 0.1) is 10.1 Å². The first-order chi connectivity index (χ1) is 17.2. The zero-order valence-electron chi connectivity index (χ0n) is 20.0. The molecule has 1 aromatic rings. The summed E-state index contributed by atoms with van der Waals surface area (Å²) >= 11 is 0. The van der Waals surface area contributed by atoms with E-state index in [-0.39, 0.29) is 49.9 Å². The molecule has 36 heavy (non-hydrogen) atoms. The summed E-state index contributed by atoms with van der Waals surface area (Å²) < 4.78 is 10.7. The van der Waals surface area contributed by atoms with Crippen LogP contribution in [0.5, 0.6) is 5.75 Å².